The Morgan fingerprint density at radius 2 is 2.14 bits per heavy atom. The maximum absolute atomic E-state index is 13.1. The molecule has 1 atom stereocenters. The summed E-state index contributed by atoms with van der Waals surface area (Å²) in [7, 11) is 0. The van der Waals surface area contributed by atoms with Gasteiger partial charge >= 0.3 is 0 Å². The van der Waals surface area contributed by atoms with E-state index in [0.717, 1.165) is 47.0 Å². The minimum Gasteiger partial charge on any atom is -0.376 e. The van der Waals surface area contributed by atoms with E-state index in [0.29, 0.717) is 13.0 Å². The Bertz CT molecular complexity index is 952. The van der Waals surface area contributed by atoms with Gasteiger partial charge in [-0.15, -0.1) is 11.8 Å². The average Bonchev–Trinajstić information content (AvgIpc) is 3.41. The molecule has 0 bridgehead atoms. The third kappa shape index (κ3) is 5.18. The summed E-state index contributed by atoms with van der Waals surface area (Å²) in [6, 6.07) is 16.6. The van der Waals surface area contributed by atoms with Gasteiger partial charge in [0.05, 0.1) is 22.9 Å². The molecule has 0 saturated carbocycles. The highest BCUT2D eigenvalue weighted by Crippen LogP contribution is 2.31. The predicted molar refractivity (Wildman–Crippen MR) is 122 cm³/mol. The molecule has 1 aliphatic rings. The smallest absolute Gasteiger partial charge is 0.229 e. The number of hydrogen-bond donors (Lipinski definition) is 0. The van der Waals surface area contributed by atoms with E-state index in [1.807, 2.05) is 23.1 Å². The number of benzene rings is 2. The molecule has 0 radical (unpaired) electrons. The van der Waals surface area contributed by atoms with Gasteiger partial charge < -0.3 is 4.74 Å². The molecule has 1 unspecified atom stereocenters. The van der Waals surface area contributed by atoms with Crippen molar-refractivity contribution in [1.82, 2.24) is 4.98 Å². The van der Waals surface area contributed by atoms with E-state index in [4.69, 9.17) is 9.72 Å². The largest absolute Gasteiger partial charge is 0.376 e. The molecule has 2 heterocycles. The van der Waals surface area contributed by atoms with Gasteiger partial charge in [-0.25, -0.2) is 4.98 Å². The summed E-state index contributed by atoms with van der Waals surface area (Å²) in [5.74, 6) is 0.883. The standard InChI is InChI=1S/C23H26N2O2S2/c1-2-17-10-11-20-21(15-17)29-23(24-20)25(16-18-7-6-13-27-18)22(26)12-14-28-19-8-4-3-5-9-19/h3-5,8-11,15,18H,2,6-7,12-14,16H2,1H3. The monoisotopic (exact) mass is 426 g/mol. The Kier molecular flexibility index (Phi) is 6.85. The van der Waals surface area contributed by atoms with Gasteiger partial charge in [0.1, 0.15) is 0 Å². The number of nitrogens with zero attached hydrogens (tertiary/aromatic N) is 2. The van der Waals surface area contributed by atoms with Crippen LogP contribution in [0.25, 0.3) is 10.2 Å². The first-order valence-corrected chi connectivity index (χ1v) is 12.0. The molecule has 0 spiro atoms. The lowest BCUT2D eigenvalue weighted by molar-refractivity contribution is -0.118. The van der Waals surface area contributed by atoms with E-state index in [-0.39, 0.29) is 12.0 Å². The Labute approximate surface area is 180 Å². The molecule has 1 amide bonds. The molecule has 1 saturated heterocycles. The van der Waals surface area contributed by atoms with Gasteiger partial charge in [-0.05, 0) is 49.1 Å². The first-order valence-electron chi connectivity index (χ1n) is 10.2. The molecule has 1 fully saturated rings. The summed E-state index contributed by atoms with van der Waals surface area (Å²) in [6.45, 7) is 3.53. The highest BCUT2D eigenvalue weighted by Gasteiger charge is 2.26. The SMILES string of the molecule is CCc1ccc2nc(N(CC3CCCO3)C(=O)CCSc3ccccc3)sc2c1. The summed E-state index contributed by atoms with van der Waals surface area (Å²) in [4.78, 5) is 21.0. The summed E-state index contributed by atoms with van der Waals surface area (Å²) in [5.41, 5.74) is 2.26. The van der Waals surface area contributed by atoms with E-state index < -0.39 is 0 Å². The normalized spacial score (nSPS) is 16.4. The molecule has 152 valence electrons. The van der Waals surface area contributed by atoms with Gasteiger partial charge in [-0.3, -0.25) is 9.69 Å². The molecule has 1 aliphatic heterocycles. The van der Waals surface area contributed by atoms with Gasteiger partial charge in [0.2, 0.25) is 5.91 Å². The number of carbonyl (C=O) groups excluding carboxylic acids is 1. The Balaban J connectivity index is 1.50. The first kappa shape index (κ1) is 20.4. The topological polar surface area (TPSA) is 42.4 Å². The van der Waals surface area contributed by atoms with E-state index >= 15 is 0 Å². The van der Waals surface area contributed by atoms with Crippen LogP contribution in [0.3, 0.4) is 0 Å². The maximum Gasteiger partial charge on any atom is 0.229 e. The molecule has 4 rings (SSSR count). The number of carbonyl (C=O) groups is 1. The van der Waals surface area contributed by atoms with Crippen molar-refractivity contribution in [2.45, 2.75) is 43.6 Å². The van der Waals surface area contributed by atoms with E-state index in [2.05, 4.69) is 37.3 Å². The van der Waals surface area contributed by atoms with Crippen molar-refractivity contribution in [1.29, 1.82) is 0 Å². The zero-order chi connectivity index (χ0) is 20.1. The fraction of sp³-hybridized carbons (Fsp3) is 0.391. The fourth-order valence-electron chi connectivity index (χ4n) is 3.48. The summed E-state index contributed by atoms with van der Waals surface area (Å²) < 4.78 is 6.96. The Morgan fingerprint density at radius 1 is 1.28 bits per heavy atom. The van der Waals surface area contributed by atoms with Crippen LogP contribution in [0.5, 0.6) is 0 Å². The van der Waals surface area contributed by atoms with Crippen LogP contribution in [0, 0.1) is 0 Å². The number of rotatable bonds is 8. The van der Waals surface area contributed by atoms with Crippen LogP contribution in [-0.4, -0.2) is 35.9 Å². The third-order valence-electron chi connectivity index (χ3n) is 5.12. The van der Waals surface area contributed by atoms with E-state index in [1.165, 1.54) is 10.5 Å². The molecule has 29 heavy (non-hydrogen) atoms. The van der Waals surface area contributed by atoms with Gasteiger partial charge in [-0.2, -0.15) is 0 Å². The summed E-state index contributed by atoms with van der Waals surface area (Å²) >= 11 is 3.33. The Morgan fingerprint density at radius 3 is 2.90 bits per heavy atom. The predicted octanol–water partition coefficient (Wildman–Crippen LogP) is 5.55. The molecule has 0 N–H and O–H groups in total. The van der Waals surface area contributed by atoms with Crippen LogP contribution in [0.15, 0.2) is 53.4 Å². The first-order chi connectivity index (χ1) is 14.2. The van der Waals surface area contributed by atoms with Gasteiger partial charge in [0, 0.05) is 23.7 Å². The Hall–Kier alpha value is -1.89. The number of thioether (sulfide) groups is 1. The highest BCUT2D eigenvalue weighted by molar-refractivity contribution is 7.99. The number of fused-ring (bicyclic) bond motifs is 1. The van der Waals surface area contributed by atoms with Crippen LogP contribution in [0.1, 0.15) is 31.7 Å². The van der Waals surface area contributed by atoms with Gasteiger partial charge in [-0.1, -0.05) is 42.5 Å². The second-order valence-corrected chi connectivity index (χ2v) is 9.38. The summed E-state index contributed by atoms with van der Waals surface area (Å²) in [5, 5.41) is 0.790. The van der Waals surface area contributed by atoms with Crippen LogP contribution in [0.2, 0.25) is 0 Å². The average molecular weight is 427 g/mol. The molecule has 3 aromatic rings. The van der Waals surface area contributed by atoms with Crippen LogP contribution in [-0.2, 0) is 16.0 Å². The molecule has 6 heteroatoms. The number of anilines is 1. The summed E-state index contributed by atoms with van der Waals surface area (Å²) in [6.07, 6.45) is 3.67. The quantitative estimate of drug-likeness (QED) is 0.443. The number of aryl methyl sites for hydroxylation is 1. The third-order valence-corrected chi connectivity index (χ3v) is 7.17. The molecular formula is C23H26N2O2S2. The van der Waals surface area contributed by atoms with Gasteiger partial charge in [0.15, 0.2) is 5.13 Å². The zero-order valence-electron chi connectivity index (χ0n) is 16.7. The highest BCUT2D eigenvalue weighted by atomic mass is 32.2. The minimum atomic E-state index is 0.110. The van der Waals surface area contributed by atoms with Crippen molar-refractivity contribution in [3.8, 4) is 0 Å². The molecule has 4 nitrogen and oxygen atoms in total. The van der Waals surface area contributed by atoms with Crippen molar-refractivity contribution in [3.05, 3.63) is 54.1 Å². The van der Waals surface area contributed by atoms with Crippen LogP contribution in [0.4, 0.5) is 5.13 Å². The minimum absolute atomic E-state index is 0.110. The second kappa shape index (κ2) is 9.74. The molecule has 2 aromatic carbocycles. The fourth-order valence-corrected chi connectivity index (χ4v) is 5.40. The number of hydrogen-bond acceptors (Lipinski definition) is 5. The lowest BCUT2D eigenvalue weighted by Crippen LogP contribution is -2.37. The number of amides is 1. The molecular weight excluding hydrogens is 400 g/mol. The lowest BCUT2D eigenvalue weighted by atomic mass is 10.2. The van der Waals surface area contributed by atoms with Crippen molar-refractivity contribution >= 4 is 44.4 Å². The zero-order valence-corrected chi connectivity index (χ0v) is 18.3. The van der Waals surface area contributed by atoms with Crippen LogP contribution < -0.4 is 4.90 Å². The van der Waals surface area contributed by atoms with E-state index in [1.54, 1.807) is 23.1 Å². The van der Waals surface area contributed by atoms with Crippen molar-refractivity contribution < 1.29 is 9.53 Å². The number of thiazole rings is 1. The van der Waals surface area contributed by atoms with Crippen molar-refractivity contribution in [3.63, 3.8) is 0 Å². The van der Waals surface area contributed by atoms with Crippen molar-refractivity contribution in [2.24, 2.45) is 0 Å². The van der Waals surface area contributed by atoms with E-state index in [9.17, 15) is 4.79 Å². The number of ether oxygens (including phenoxy) is 1. The van der Waals surface area contributed by atoms with Crippen molar-refractivity contribution in [2.75, 3.05) is 23.8 Å². The van der Waals surface area contributed by atoms with Crippen LogP contribution >= 0.6 is 23.1 Å². The second-order valence-electron chi connectivity index (χ2n) is 7.20. The molecule has 1 aromatic heterocycles. The lowest BCUT2D eigenvalue weighted by Gasteiger charge is -2.23. The maximum atomic E-state index is 13.1. The number of aromatic nitrogens is 1. The van der Waals surface area contributed by atoms with Gasteiger partial charge in [0.25, 0.3) is 0 Å². The molecule has 0 aliphatic carbocycles.